The summed E-state index contributed by atoms with van der Waals surface area (Å²) in [7, 11) is -4.02. The number of rotatable bonds is 4. The van der Waals surface area contributed by atoms with E-state index in [9.17, 15) is 8.42 Å². The van der Waals surface area contributed by atoms with Crippen LogP contribution in [0.2, 0.25) is 0 Å². The number of sulfonamides is 1. The Hall–Kier alpha value is -3.18. The summed E-state index contributed by atoms with van der Waals surface area (Å²) in [5.74, 6) is 0.0795. The molecule has 10 nitrogen and oxygen atoms in total. The van der Waals surface area contributed by atoms with E-state index >= 15 is 0 Å². The molecule has 1 aromatic heterocycles. The molecule has 0 aliphatic rings. The molecule has 11 heteroatoms. The van der Waals surface area contributed by atoms with E-state index in [4.69, 9.17) is 16.4 Å². The number of nitrogens with zero attached hydrogens (tertiary/aromatic N) is 4. The van der Waals surface area contributed by atoms with E-state index < -0.39 is 10.0 Å². The molecule has 0 amide bonds. The van der Waals surface area contributed by atoms with Crippen molar-refractivity contribution in [1.29, 1.82) is 5.53 Å². The predicted octanol–water partition coefficient (Wildman–Crippen LogP) is 1.43. The smallest absolute Gasteiger partial charge is 0.238 e. The van der Waals surface area contributed by atoms with Crippen molar-refractivity contribution < 1.29 is 8.42 Å². The third-order valence-corrected chi connectivity index (χ3v) is 4.32. The molecule has 0 saturated carbocycles. The number of hydrogen-bond donors (Lipinski definition) is 4. The quantitative estimate of drug-likeness (QED) is 0.410. The minimum Gasteiger partial charge on any atom is -0.397 e. The predicted molar refractivity (Wildman–Crippen MR) is 85.6 cm³/mol. The van der Waals surface area contributed by atoms with Crippen molar-refractivity contribution in [3.63, 3.8) is 0 Å². The first kappa shape index (κ1) is 15.7. The third-order valence-electron chi connectivity index (χ3n) is 3.36. The van der Waals surface area contributed by atoms with Crippen LogP contribution in [0.4, 0.5) is 11.4 Å². The summed E-state index contributed by atoms with van der Waals surface area (Å²) >= 11 is 0. The fraction of sp³-hybridized carbons (Fsp3) is 0. The summed E-state index contributed by atoms with van der Waals surface area (Å²) < 4.78 is 23.9. The zero-order valence-corrected chi connectivity index (χ0v) is 12.9. The van der Waals surface area contributed by atoms with Gasteiger partial charge in [-0.3, -0.25) is 0 Å². The molecule has 2 aromatic carbocycles. The van der Waals surface area contributed by atoms with Crippen LogP contribution in [-0.4, -0.2) is 29.0 Å². The molecule has 0 radical (unpaired) electrons. The maximum absolute atomic E-state index is 11.9. The van der Waals surface area contributed by atoms with Crippen molar-refractivity contribution in [2.45, 2.75) is 4.90 Å². The fourth-order valence-corrected chi connectivity index (χ4v) is 3.07. The number of nitrogen functional groups attached to an aromatic ring is 1. The van der Waals surface area contributed by atoms with E-state index in [1.165, 1.54) is 6.07 Å². The first-order valence-corrected chi connectivity index (χ1v) is 8.13. The Bertz CT molecular complexity index is 1010. The van der Waals surface area contributed by atoms with E-state index in [2.05, 4.69) is 25.7 Å². The van der Waals surface area contributed by atoms with Crippen molar-refractivity contribution in [3.05, 3.63) is 36.4 Å². The number of nitrogens with one attached hydrogen (secondary N) is 2. The van der Waals surface area contributed by atoms with E-state index in [1.54, 1.807) is 30.3 Å². The molecule has 0 saturated heterocycles. The Morgan fingerprint density at radius 1 is 1.21 bits per heavy atom. The highest BCUT2D eigenvalue weighted by atomic mass is 32.2. The molecular formula is C13H12N8O2S. The minimum atomic E-state index is -4.02. The second kappa shape index (κ2) is 5.79. The Kier molecular flexibility index (Phi) is 3.79. The second-order valence-electron chi connectivity index (χ2n) is 4.84. The number of nitrogens with two attached hydrogens (primary N) is 2. The van der Waals surface area contributed by atoms with Crippen LogP contribution < -0.4 is 10.9 Å². The summed E-state index contributed by atoms with van der Waals surface area (Å²) in [5.41, 5.74) is 14.8. The fourth-order valence-electron chi connectivity index (χ4n) is 2.32. The van der Waals surface area contributed by atoms with Crippen LogP contribution in [0.1, 0.15) is 0 Å². The molecule has 0 spiro atoms. The molecular weight excluding hydrogens is 332 g/mol. The van der Waals surface area contributed by atoms with Gasteiger partial charge in [0.25, 0.3) is 0 Å². The van der Waals surface area contributed by atoms with Gasteiger partial charge in [0.15, 0.2) is 0 Å². The van der Waals surface area contributed by atoms with E-state index in [-0.39, 0.29) is 22.0 Å². The average Bonchev–Trinajstić information content (AvgIpc) is 3.08. The minimum absolute atomic E-state index is 0.0795. The largest absolute Gasteiger partial charge is 0.397 e. The molecule has 1 heterocycles. The maximum Gasteiger partial charge on any atom is 0.238 e. The van der Waals surface area contributed by atoms with Gasteiger partial charge in [-0.25, -0.2) is 19.1 Å². The van der Waals surface area contributed by atoms with E-state index in [0.29, 0.717) is 16.8 Å². The Labute approximate surface area is 136 Å². The number of primary sulfonamides is 1. The lowest BCUT2D eigenvalue weighted by Crippen LogP contribution is -2.14. The topological polar surface area (TPSA) is 177 Å². The standard InChI is InChI=1S/C13H12N8O2S/c14-9-5-4-7(6-10(9)17-15)8-2-1-3-11(24(16,22)23)12(8)13-18-20-21-19-13/h1-6,15H,14H2,(H2,16,22,23)(H,18,19,20,21). The zero-order valence-electron chi connectivity index (χ0n) is 12.1. The Balaban J connectivity index is 2.35. The molecule has 0 aliphatic carbocycles. The number of tetrazole rings is 1. The lowest BCUT2D eigenvalue weighted by Gasteiger charge is -2.12. The average molecular weight is 344 g/mol. The van der Waals surface area contributed by atoms with E-state index in [0.717, 1.165) is 0 Å². The van der Waals surface area contributed by atoms with Crippen molar-refractivity contribution in [2.75, 3.05) is 5.73 Å². The lowest BCUT2D eigenvalue weighted by molar-refractivity contribution is 0.598. The molecule has 6 N–H and O–H groups in total. The normalized spacial score (nSPS) is 11.4. The van der Waals surface area contributed by atoms with Crippen LogP contribution in [0, 0.1) is 5.53 Å². The van der Waals surface area contributed by atoms with Gasteiger partial charge in [0.1, 0.15) is 5.69 Å². The number of anilines is 1. The van der Waals surface area contributed by atoms with Gasteiger partial charge in [-0.15, -0.1) is 10.2 Å². The van der Waals surface area contributed by atoms with Crippen molar-refractivity contribution in [1.82, 2.24) is 20.6 Å². The number of aromatic nitrogens is 4. The lowest BCUT2D eigenvalue weighted by atomic mass is 9.98. The van der Waals surface area contributed by atoms with Gasteiger partial charge < -0.3 is 5.73 Å². The van der Waals surface area contributed by atoms with Gasteiger partial charge in [0.05, 0.1) is 16.1 Å². The van der Waals surface area contributed by atoms with Gasteiger partial charge in [-0.05, 0) is 34.5 Å². The molecule has 0 bridgehead atoms. The van der Waals surface area contributed by atoms with Crippen molar-refractivity contribution in [3.8, 4) is 22.5 Å². The summed E-state index contributed by atoms with van der Waals surface area (Å²) in [5, 5.41) is 22.1. The third kappa shape index (κ3) is 2.73. The summed E-state index contributed by atoms with van der Waals surface area (Å²) in [6.45, 7) is 0. The first-order valence-electron chi connectivity index (χ1n) is 6.59. The Morgan fingerprint density at radius 3 is 2.62 bits per heavy atom. The molecule has 0 aliphatic heterocycles. The molecule has 3 rings (SSSR count). The van der Waals surface area contributed by atoms with Crippen LogP contribution in [0.5, 0.6) is 0 Å². The molecule has 24 heavy (non-hydrogen) atoms. The highest BCUT2D eigenvalue weighted by Gasteiger charge is 2.22. The van der Waals surface area contributed by atoms with Crippen LogP contribution in [-0.2, 0) is 10.0 Å². The summed E-state index contributed by atoms with van der Waals surface area (Å²) in [6, 6.07) is 9.40. The second-order valence-corrected chi connectivity index (χ2v) is 6.37. The van der Waals surface area contributed by atoms with Crippen LogP contribution in [0.15, 0.2) is 46.4 Å². The van der Waals surface area contributed by atoms with Gasteiger partial charge in [0.2, 0.25) is 15.8 Å². The molecule has 0 unspecified atom stereocenters. The van der Waals surface area contributed by atoms with Crippen LogP contribution >= 0.6 is 0 Å². The number of H-pyrrole nitrogens is 1. The highest BCUT2D eigenvalue weighted by molar-refractivity contribution is 7.89. The molecule has 0 fully saturated rings. The maximum atomic E-state index is 11.9. The summed E-state index contributed by atoms with van der Waals surface area (Å²) in [4.78, 5) is -0.136. The van der Waals surface area contributed by atoms with Gasteiger partial charge in [0, 0.05) is 0 Å². The van der Waals surface area contributed by atoms with Gasteiger partial charge in [-0.1, -0.05) is 18.2 Å². The Morgan fingerprint density at radius 2 is 2.00 bits per heavy atom. The van der Waals surface area contributed by atoms with Gasteiger partial charge in [-0.2, -0.15) is 10.3 Å². The van der Waals surface area contributed by atoms with Crippen LogP contribution in [0.3, 0.4) is 0 Å². The van der Waals surface area contributed by atoms with Gasteiger partial charge >= 0.3 is 0 Å². The number of aromatic amines is 1. The molecule has 0 atom stereocenters. The van der Waals surface area contributed by atoms with Crippen LogP contribution in [0.25, 0.3) is 22.5 Å². The first-order chi connectivity index (χ1) is 11.4. The zero-order chi connectivity index (χ0) is 17.3. The van der Waals surface area contributed by atoms with Crippen molar-refractivity contribution in [2.24, 2.45) is 10.3 Å². The monoisotopic (exact) mass is 344 g/mol. The number of benzene rings is 2. The van der Waals surface area contributed by atoms with E-state index in [1.807, 2.05) is 0 Å². The summed E-state index contributed by atoms with van der Waals surface area (Å²) in [6.07, 6.45) is 0. The van der Waals surface area contributed by atoms with Crippen molar-refractivity contribution >= 4 is 21.4 Å². The SMILES string of the molecule is N=Nc1cc(-c2cccc(S(N)(=O)=O)c2-c2nn[nH]n2)ccc1N. The molecule has 3 aromatic rings. The molecule has 122 valence electrons. The highest BCUT2D eigenvalue weighted by Crippen LogP contribution is 2.37. The number of hydrogen-bond acceptors (Lipinski definition) is 8.